The van der Waals surface area contributed by atoms with Crippen LogP contribution in [0.1, 0.15) is 0 Å². The molecule has 0 heterocycles. The van der Waals surface area contributed by atoms with Crippen molar-refractivity contribution in [1.82, 2.24) is 0 Å². The predicted molar refractivity (Wildman–Crippen MR) is 63.0 cm³/mol. The minimum Gasteiger partial charge on any atom is -0.507 e. The Kier molecular flexibility index (Phi) is 3.27. The summed E-state index contributed by atoms with van der Waals surface area (Å²) in [6.07, 6.45) is 0. The van der Waals surface area contributed by atoms with Crippen molar-refractivity contribution >= 4 is 10.8 Å². The Hall–Kier alpha value is -1.74. The van der Waals surface area contributed by atoms with Gasteiger partial charge in [-0.15, -0.1) is 0 Å². The lowest BCUT2D eigenvalue weighted by atomic mass is 10.1. The summed E-state index contributed by atoms with van der Waals surface area (Å²) in [5.41, 5.74) is 0. The molecule has 0 amide bonds. The molecular formula is C13H14O3. The average Bonchev–Trinajstić information content (AvgIpc) is 2.30. The fourth-order valence-electron chi connectivity index (χ4n) is 1.57. The van der Waals surface area contributed by atoms with Gasteiger partial charge in [-0.3, -0.25) is 0 Å². The number of benzene rings is 2. The minimum atomic E-state index is 0.273. The highest BCUT2D eigenvalue weighted by atomic mass is 16.5. The topological polar surface area (TPSA) is 38.7 Å². The van der Waals surface area contributed by atoms with Crippen LogP contribution >= 0.6 is 0 Å². The van der Waals surface area contributed by atoms with Crippen LogP contribution in [-0.2, 0) is 4.74 Å². The number of phenolic OH excluding ortho intramolecular Hbond substituents is 1. The summed E-state index contributed by atoms with van der Waals surface area (Å²) in [5.74, 6) is 1.01. The van der Waals surface area contributed by atoms with Gasteiger partial charge < -0.3 is 14.6 Å². The number of fused-ring (bicyclic) bond motifs is 1. The van der Waals surface area contributed by atoms with Crippen LogP contribution in [0.25, 0.3) is 10.8 Å². The van der Waals surface area contributed by atoms with Crippen LogP contribution in [0.5, 0.6) is 11.5 Å². The van der Waals surface area contributed by atoms with Crippen molar-refractivity contribution < 1.29 is 14.6 Å². The van der Waals surface area contributed by atoms with Gasteiger partial charge in [-0.2, -0.15) is 0 Å². The molecule has 0 fully saturated rings. The highest BCUT2D eigenvalue weighted by Crippen LogP contribution is 2.27. The van der Waals surface area contributed by atoms with Crippen LogP contribution in [0.3, 0.4) is 0 Å². The molecule has 0 aliphatic rings. The van der Waals surface area contributed by atoms with Gasteiger partial charge in [-0.05, 0) is 23.6 Å². The Morgan fingerprint density at radius 3 is 2.81 bits per heavy atom. The fraction of sp³-hybridized carbons (Fsp3) is 0.231. The molecule has 0 aromatic heterocycles. The van der Waals surface area contributed by atoms with E-state index in [1.807, 2.05) is 30.3 Å². The van der Waals surface area contributed by atoms with Gasteiger partial charge in [0.1, 0.15) is 18.1 Å². The SMILES string of the molecule is COCCOc1ccc2cccc(O)c2c1. The van der Waals surface area contributed by atoms with E-state index < -0.39 is 0 Å². The van der Waals surface area contributed by atoms with E-state index in [9.17, 15) is 5.11 Å². The molecule has 0 spiro atoms. The van der Waals surface area contributed by atoms with E-state index in [1.54, 1.807) is 13.2 Å². The van der Waals surface area contributed by atoms with E-state index in [0.717, 1.165) is 16.5 Å². The Bertz CT molecular complexity index is 480. The normalized spacial score (nSPS) is 10.6. The number of aromatic hydroxyl groups is 1. The van der Waals surface area contributed by atoms with Crippen molar-refractivity contribution in [3.8, 4) is 11.5 Å². The van der Waals surface area contributed by atoms with Crippen molar-refractivity contribution in [3.05, 3.63) is 36.4 Å². The first-order valence-corrected chi connectivity index (χ1v) is 5.15. The summed E-state index contributed by atoms with van der Waals surface area (Å²) in [4.78, 5) is 0. The zero-order valence-corrected chi connectivity index (χ0v) is 9.14. The van der Waals surface area contributed by atoms with Crippen LogP contribution in [0.4, 0.5) is 0 Å². The largest absolute Gasteiger partial charge is 0.507 e. The molecule has 0 bridgehead atoms. The first-order valence-electron chi connectivity index (χ1n) is 5.15. The molecule has 0 aliphatic heterocycles. The summed E-state index contributed by atoms with van der Waals surface area (Å²) in [6.45, 7) is 1.06. The van der Waals surface area contributed by atoms with Crippen molar-refractivity contribution in [3.63, 3.8) is 0 Å². The molecule has 0 radical (unpaired) electrons. The second kappa shape index (κ2) is 4.86. The molecule has 0 atom stereocenters. The maximum absolute atomic E-state index is 9.69. The van der Waals surface area contributed by atoms with Crippen LogP contribution < -0.4 is 4.74 Å². The van der Waals surface area contributed by atoms with Crippen LogP contribution in [0.2, 0.25) is 0 Å². The number of rotatable bonds is 4. The van der Waals surface area contributed by atoms with Crippen LogP contribution in [0.15, 0.2) is 36.4 Å². The monoisotopic (exact) mass is 218 g/mol. The first-order chi connectivity index (χ1) is 7.81. The van der Waals surface area contributed by atoms with E-state index in [0.29, 0.717) is 13.2 Å². The summed E-state index contributed by atoms with van der Waals surface area (Å²) in [6, 6.07) is 11.1. The highest BCUT2D eigenvalue weighted by molar-refractivity contribution is 5.89. The van der Waals surface area contributed by atoms with Crippen LogP contribution in [0, 0.1) is 0 Å². The first kappa shape index (κ1) is 10.8. The van der Waals surface area contributed by atoms with Gasteiger partial charge >= 0.3 is 0 Å². The minimum absolute atomic E-state index is 0.273. The van der Waals surface area contributed by atoms with Crippen molar-refractivity contribution in [2.45, 2.75) is 0 Å². The molecule has 0 aliphatic carbocycles. The molecule has 84 valence electrons. The summed E-state index contributed by atoms with van der Waals surface area (Å²) in [5, 5.41) is 11.5. The number of hydrogen-bond acceptors (Lipinski definition) is 3. The Morgan fingerprint density at radius 1 is 1.12 bits per heavy atom. The van der Waals surface area contributed by atoms with Crippen molar-refractivity contribution in [1.29, 1.82) is 0 Å². The zero-order chi connectivity index (χ0) is 11.4. The molecule has 16 heavy (non-hydrogen) atoms. The molecule has 0 saturated heterocycles. The van der Waals surface area contributed by atoms with Gasteiger partial charge in [-0.1, -0.05) is 18.2 Å². The van der Waals surface area contributed by atoms with Gasteiger partial charge in [0.25, 0.3) is 0 Å². The lowest BCUT2D eigenvalue weighted by molar-refractivity contribution is 0.146. The van der Waals surface area contributed by atoms with Gasteiger partial charge in [-0.25, -0.2) is 0 Å². The third kappa shape index (κ3) is 2.25. The number of phenols is 1. The summed E-state index contributed by atoms with van der Waals surface area (Å²) >= 11 is 0. The Labute approximate surface area is 94.2 Å². The molecule has 2 rings (SSSR count). The number of ether oxygens (including phenoxy) is 2. The Balaban J connectivity index is 2.25. The number of hydrogen-bond donors (Lipinski definition) is 1. The van der Waals surface area contributed by atoms with E-state index in [2.05, 4.69) is 0 Å². The molecule has 3 heteroatoms. The third-order valence-electron chi connectivity index (χ3n) is 2.39. The number of methoxy groups -OCH3 is 1. The lowest BCUT2D eigenvalue weighted by Crippen LogP contribution is -2.03. The summed E-state index contributed by atoms with van der Waals surface area (Å²) < 4.78 is 10.4. The van der Waals surface area contributed by atoms with Gasteiger partial charge in [0.05, 0.1) is 6.61 Å². The van der Waals surface area contributed by atoms with Gasteiger partial charge in [0.2, 0.25) is 0 Å². The van der Waals surface area contributed by atoms with E-state index in [1.165, 1.54) is 0 Å². The average molecular weight is 218 g/mol. The van der Waals surface area contributed by atoms with Crippen molar-refractivity contribution in [2.24, 2.45) is 0 Å². The van der Waals surface area contributed by atoms with E-state index in [4.69, 9.17) is 9.47 Å². The van der Waals surface area contributed by atoms with Crippen LogP contribution in [-0.4, -0.2) is 25.4 Å². The van der Waals surface area contributed by atoms with Gasteiger partial charge in [0.15, 0.2) is 0 Å². The molecule has 0 saturated carbocycles. The van der Waals surface area contributed by atoms with Crippen molar-refractivity contribution in [2.75, 3.05) is 20.3 Å². The molecule has 2 aromatic carbocycles. The van der Waals surface area contributed by atoms with Gasteiger partial charge in [0, 0.05) is 12.5 Å². The molecule has 3 nitrogen and oxygen atoms in total. The second-order valence-corrected chi connectivity index (χ2v) is 3.50. The maximum atomic E-state index is 9.69. The quantitative estimate of drug-likeness (QED) is 0.801. The maximum Gasteiger partial charge on any atom is 0.123 e. The summed E-state index contributed by atoms with van der Waals surface area (Å²) in [7, 11) is 1.63. The fourth-order valence-corrected chi connectivity index (χ4v) is 1.57. The third-order valence-corrected chi connectivity index (χ3v) is 2.39. The highest BCUT2D eigenvalue weighted by Gasteiger charge is 2.01. The van der Waals surface area contributed by atoms with E-state index in [-0.39, 0.29) is 5.75 Å². The lowest BCUT2D eigenvalue weighted by Gasteiger charge is -2.07. The Morgan fingerprint density at radius 2 is 2.00 bits per heavy atom. The second-order valence-electron chi connectivity index (χ2n) is 3.50. The zero-order valence-electron chi connectivity index (χ0n) is 9.14. The molecule has 0 unspecified atom stereocenters. The molecule has 1 N–H and O–H groups in total. The predicted octanol–water partition coefficient (Wildman–Crippen LogP) is 2.57. The smallest absolute Gasteiger partial charge is 0.123 e. The molecule has 2 aromatic rings. The standard InChI is InChI=1S/C13H14O3/c1-15-7-8-16-11-6-5-10-3-2-4-13(14)12(10)9-11/h2-6,9,14H,7-8H2,1H3. The molecular weight excluding hydrogens is 204 g/mol. The van der Waals surface area contributed by atoms with E-state index >= 15 is 0 Å².